The molecule has 0 aliphatic carbocycles. The van der Waals surface area contributed by atoms with Crippen LogP contribution in [0.25, 0.3) is 10.9 Å². The first-order valence-electron chi connectivity index (χ1n) is 3.58. The predicted molar refractivity (Wildman–Crippen MR) is 46.4 cm³/mol. The van der Waals surface area contributed by atoms with Crippen LogP contribution in [0.2, 0.25) is 0 Å². The molecule has 0 fully saturated rings. The lowest BCUT2D eigenvalue weighted by molar-refractivity contribution is 0.415. The van der Waals surface area contributed by atoms with Crippen LogP contribution in [0, 0.1) is 0 Å². The lowest BCUT2D eigenvalue weighted by Crippen LogP contribution is -2.07. The Kier molecular flexibility index (Phi) is 1.40. The maximum absolute atomic E-state index is 5.45. The summed E-state index contributed by atoms with van der Waals surface area (Å²) in [7, 11) is 1.63. The molecule has 0 unspecified atom stereocenters. The molecule has 0 amide bonds. The van der Waals surface area contributed by atoms with Crippen molar-refractivity contribution in [2.75, 3.05) is 13.0 Å². The molecular formula is C8H9N3O. The quantitative estimate of drug-likeness (QED) is 0.631. The zero-order valence-electron chi connectivity index (χ0n) is 6.69. The fraction of sp³-hybridized carbons (Fsp3) is 0.125. The number of hydrogen-bond acceptors (Lipinski definition) is 3. The summed E-state index contributed by atoms with van der Waals surface area (Å²) >= 11 is 0. The monoisotopic (exact) mass is 163 g/mol. The summed E-state index contributed by atoms with van der Waals surface area (Å²) in [5.74, 6) is 6.24. The third-order valence-electron chi connectivity index (χ3n) is 1.73. The molecule has 0 spiro atoms. The Balaban J connectivity index is 2.66. The Bertz CT molecular complexity index is 408. The maximum atomic E-state index is 5.45. The zero-order valence-corrected chi connectivity index (χ0v) is 6.69. The van der Waals surface area contributed by atoms with Gasteiger partial charge in [0.1, 0.15) is 5.75 Å². The zero-order chi connectivity index (χ0) is 8.55. The van der Waals surface area contributed by atoms with Crippen molar-refractivity contribution in [1.29, 1.82) is 0 Å². The van der Waals surface area contributed by atoms with Gasteiger partial charge in [0, 0.05) is 11.5 Å². The molecule has 12 heavy (non-hydrogen) atoms. The second-order valence-electron chi connectivity index (χ2n) is 2.53. The minimum Gasteiger partial charge on any atom is -0.497 e. The molecule has 0 saturated heterocycles. The van der Waals surface area contributed by atoms with Crippen molar-refractivity contribution in [3.05, 3.63) is 24.4 Å². The second kappa shape index (κ2) is 2.41. The van der Waals surface area contributed by atoms with Crippen LogP contribution in [0.3, 0.4) is 0 Å². The van der Waals surface area contributed by atoms with E-state index in [0.29, 0.717) is 0 Å². The largest absolute Gasteiger partial charge is 0.497 e. The number of benzene rings is 1. The van der Waals surface area contributed by atoms with Crippen molar-refractivity contribution in [1.82, 2.24) is 9.89 Å². The fourth-order valence-electron chi connectivity index (χ4n) is 1.14. The van der Waals surface area contributed by atoms with Gasteiger partial charge in [-0.15, -0.1) is 0 Å². The van der Waals surface area contributed by atoms with Crippen LogP contribution in [0.4, 0.5) is 0 Å². The molecule has 2 rings (SSSR count). The van der Waals surface area contributed by atoms with Crippen molar-refractivity contribution in [3.8, 4) is 5.75 Å². The fourth-order valence-corrected chi connectivity index (χ4v) is 1.14. The number of hydrogen-bond donors (Lipinski definition) is 1. The van der Waals surface area contributed by atoms with E-state index in [2.05, 4.69) is 5.10 Å². The van der Waals surface area contributed by atoms with Crippen molar-refractivity contribution in [2.24, 2.45) is 0 Å². The normalized spacial score (nSPS) is 10.4. The molecule has 0 saturated carbocycles. The summed E-state index contributed by atoms with van der Waals surface area (Å²) in [5, 5.41) is 5.05. The standard InChI is InChI=1S/C8H9N3O/c1-12-7-3-2-6-5-11(9)10-8(6)4-7/h2-5H,9H2,1H3. The molecule has 0 radical (unpaired) electrons. The van der Waals surface area contributed by atoms with Crippen molar-refractivity contribution < 1.29 is 4.74 Å². The molecule has 4 heteroatoms. The third kappa shape index (κ3) is 0.972. The highest BCUT2D eigenvalue weighted by Crippen LogP contribution is 2.18. The van der Waals surface area contributed by atoms with E-state index in [-0.39, 0.29) is 0 Å². The smallest absolute Gasteiger partial charge is 0.121 e. The van der Waals surface area contributed by atoms with Gasteiger partial charge >= 0.3 is 0 Å². The number of nitrogens with two attached hydrogens (primary N) is 1. The Labute approximate surface area is 69.5 Å². The highest BCUT2D eigenvalue weighted by atomic mass is 16.5. The van der Waals surface area contributed by atoms with Gasteiger partial charge in [0.05, 0.1) is 18.8 Å². The van der Waals surface area contributed by atoms with E-state index in [4.69, 9.17) is 10.6 Å². The van der Waals surface area contributed by atoms with E-state index in [1.54, 1.807) is 13.3 Å². The number of nitrogens with zero attached hydrogens (tertiary/aromatic N) is 2. The summed E-state index contributed by atoms with van der Waals surface area (Å²) in [5.41, 5.74) is 0.844. The second-order valence-corrected chi connectivity index (χ2v) is 2.53. The van der Waals surface area contributed by atoms with Crippen LogP contribution in [0.15, 0.2) is 24.4 Å². The van der Waals surface area contributed by atoms with Gasteiger partial charge in [0.25, 0.3) is 0 Å². The number of methoxy groups -OCH3 is 1. The van der Waals surface area contributed by atoms with Crippen molar-refractivity contribution in [3.63, 3.8) is 0 Å². The molecule has 0 bridgehead atoms. The van der Waals surface area contributed by atoms with E-state index >= 15 is 0 Å². The highest BCUT2D eigenvalue weighted by Gasteiger charge is 1.99. The summed E-state index contributed by atoms with van der Waals surface area (Å²) < 4.78 is 5.04. The first kappa shape index (κ1) is 6.97. The predicted octanol–water partition coefficient (Wildman–Crippen LogP) is 0.759. The topological polar surface area (TPSA) is 53.1 Å². The Morgan fingerprint density at radius 2 is 2.33 bits per heavy atom. The number of rotatable bonds is 1. The van der Waals surface area contributed by atoms with E-state index in [9.17, 15) is 0 Å². The molecule has 0 aliphatic heterocycles. The van der Waals surface area contributed by atoms with Crippen LogP contribution in [-0.2, 0) is 0 Å². The van der Waals surface area contributed by atoms with E-state index in [1.165, 1.54) is 4.79 Å². The molecular weight excluding hydrogens is 154 g/mol. The molecule has 0 aliphatic rings. The molecule has 2 aromatic rings. The van der Waals surface area contributed by atoms with Crippen LogP contribution in [-0.4, -0.2) is 17.0 Å². The lowest BCUT2D eigenvalue weighted by Gasteiger charge is -1.96. The SMILES string of the molecule is COc1ccc2cn(N)nc2c1. The van der Waals surface area contributed by atoms with Crippen LogP contribution in [0.1, 0.15) is 0 Å². The number of fused-ring (bicyclic) bond motifs is 1. The average Bonchev–Trinajstić information content (AvgIpc) is 2.43. The third-order valence-corrected chi connectivity index (χ3v) is 1.73. The van der Waals surface area contributed by atoms with E-state index in [1.807, 2.05) is 18.2 Å². The number of nitrogen functional groups attached to an aromatic ring is 1. The summed E-state index contributed by atoms with van der Waals surface area (Å²) in [6.07, 6.45) is 1.76. The van der Waals surface area contributed by atoms with Gasteiger partial charge in [0.15, 0.2) is 0 Å². The molecule has 1 aromatic carbocycles. The van der Waals surface area contributed by atoms with Gasteiger partial charge in [-0.2, -0.15) is 9.89 Å². The highest BCUT2D eigenvalue weighted by molar-refractivity contribution is 5.79. The number of ether oxygens (including phenoxy) is 1. The van der Waals surface area contributed by atoms with Gasteiger partial charge < -0.3 is 10.6 Å². The molecule has 1 aromatic heterocycles. The summed E-state index contributed by atoms with van der Waals surface area (Å²) in [6, 6.07) is 5.65. The van der Waals surface area contributed by atoms with Gasteiger partial charge in [-0.3, -0.25) is 0 Å². The Morgan fingerprint density at radius 3 is 3.08 bits per heavy atom. The van der Waals surface area contributed by atoms with Crippen molar-refractivity contribution >= 4 is 10.9 Å². The lowest BCUT2D eigenvalue weighted by atomic mass is 10.2. The Hall–Kier alpha value is -1.71. The summed E-state index contributed by atoms with van der Waals surface area (Å²) in [6.45, 7) is 0. The Morgan fingerprint density at radius 1 is 1.50 bits per heavy atom. The minimum atomic E-state index is 0.793. The minimum absolute atomic E-state index is 0.793. The van der Waals surface area contributed by atoms with E-state index < -0.39 is 0 Å². The first-order valence-corrected chi connectivity index (χ1v) is 3.58. The molecule has 1 heterocycles. The van der Waals surface area contributed by atoms with Gasteiger partial charge in [-0.25, -0.2) is 0 Å². The summed E-state index contributed by atoms with van der Waals surface area (Å²) in [4.78, 5) is 1.30. The average molecular weight is 163 g/mol. The molecule has 4 nitrogen and oxygen atoms in total. The van der Waals surface area contributed by atoms with Gasteiger partial charge in [0.2, 0.25) is 0 Å². The van der Waals surface area contributed by atoms with Crippen LogP contribution < -0.4 is 10.6 Å². The first-order chi connectivity index (χ1) is 5.79. The van der Waals surface area contributed by atoms with Crippen LogP contribution in [0.5, 0.6) is 5.75 Å². The van der Waals surface area contributed by atoms with Gasteiger partial charge in [-0.1, -0.05) is 0 Å². The molecule has 0 atom stereocenters. The molecule has 62 valence electrons. The van der Waals surface area contributed by atoms with E-state index in [0.717, 1.165) is 16.7 Å². The van der Waals surface area contributed by atoms with Crippen LogP contribution >= 0.6 is 0 Å². The van der Waals surface area contributed by atoms with Gasteiger partial charge in [-0.05, 0) is 12.1 Å². The number of aromatic nitrogens is 2. The van der Waals surface area contributed by atoms with Crippen molar-refractivity contribution in [2.45, 2.75) is 0 Å². The maximum Gasteiger partial charge on any atom is 0.121 e. The molecule has 2 N–H and O–H groups in total.